The fourth-order valence-electron chi connectivity index (χ4n) is 8.15. The number of allylic oxidation sites excluding steroid dienone is 1. The van der Waals surface area contributed by atoms with Crippen molar-refractivity contribution in [2.75, 3.05) is 12.4 Å². The Labute approximate surface area is 303 Å². The number of nitrogens with one attached hydrogen (secondary N) is 1. The predicted octanol–water partition coefficient (Wildman–Crippen LogP) is 1.54. The van der Waals surface area contributed by atoms with Gasteiger partial charge in [0.2, 0.25) is 11.8 Å². The molecule has 16 nitrogen and oxygen atoms in total. The lowest BCUT2D eigenvalue weighted by Gasteiger charge is -2.26. The summed E-state index contributed by atoms with van der Waals surface area (Å²) in [7, 11) is 1.22. The number of ether oxygens (including phenoxy) is 1. The largest absolute Gasteiger partial charge is 0.504 e. The molecule has 2 amide bonds. The van der Waals surface area contributed by atoms with Gasteiger partial charge in [-0.3, -0.25) is 28.8 Å². The van der Waals surface area contributed by atoms with Gasteiger partial charge >= 0.3 is 11.9 Å². The maximum atomic E-state index is 15.1. The van der Waals surface area contributed by atoms with Crippen LogP contribution >= 0.6 is 0 Å². The Morgan fingerprint density at radius 3 is 1.94 bits per heavy atom. The standard InChI is InChI=1S/C38H35N3O13/c1-12-4-17-18(5-14(37(50)51)8-22(39)46)34(48)28-19(41-20(38(52)53)9-23(40)47)6-15(10-42)25-26-16(11-43)7-21(45)29-31(26)32(27(17)30(25)28)33(24(12)13(2)44)36(54-3)35(29)49/h4,6-7,14,20,24,41-43,49H,5,8-11H2,1-3H3,(H2,39,46)(H2,40,47)(H,50,51)(H,52,53). The highest BCUT2D eigenvalue weighted by atomic mass is 16.5. The lowest BCUT2D eigenvalue weighted by molar-refractivity contribution is -0.143. The number of phenolic OH excluding ortho intramolecular Hbond substituents is 1. The van der Waals surface area contributed by atoms with Crippen LogP contribution in [0.25, 0.3) is 49.2 Å². The highest BCUT2D eigenvalue weighted by molar-refractivity contribution is 6.39. The van der Waals surface area contributed by atoms with Crippen LogP contribution in [-0.2, 0) is 43.6 Å². The number of Topliss-reactive ketones (excluding diaryl/α,β-unsaturated/α-hetero) is 1. The molecule has 5 aromatic carbocycles. The summed E-state index contributed by atoms with van der Waals surface area (Å²) in [6, 6.07) is 0.643. The molecule has 280 valence electrons. The second-order valence-electron chi connectivity index (χ2n) is 13.5. The topological polar surface area (TPSA) is 294 Å². The zero-order valence-electron chi connectivity index (χ0n) is 29.2. The molecule has 10 N–H and O–H groups in total. The third-order valence-electron chi connectivity index (χ3n) is 10.2. The molecule has 0 saturated carbocycles. The van der Waals surface area contributed by atoms with E-state index in [1.165, 1.54) is 26.2 Å². The molecule has 3 unspecified atom stereocenters. The first-order chi connectivity index (χ1) is 25.5. The summed E-state index contributed by atoms with van der Waals surface area (Å²) in [5, 5.41) is 56.3. The van der Waals surface area contributed by atoms with Crippen molar-refractivity contribution in [3.63, 3.8) is 0 Å². The molecule has 54 heavy (non-hydrogen) atoms. The van der Waals surface area contributed by atoms with Gasteiger partial charge in [0.05, 0.1) is 49.4 Å². The number of carbonyl (C=O) groups is 5. The van der Waals surface area contributed by atoms with Gasteiger partial charge in [-0.2, -0.15) is 0 Å². The monoisotopic (exact) mass is 741 g/mol. The predicted molar refractivity (Wildman–Crippen MR) is 196 cm³/mol. The summed E-state index contributed by atoms with van der Waals surface area (Å²) >= 11 is 0. The number of rotatable bonds is 14. The second kappa shape index (κ2) is 13.5. The third-order valence-corrected chi connectivity index (χ3v) is 10.2. The molecule has 1 aliphatic carbocycles. The number of nitrogens with two attached hydrogens (primary N) is 2. The number of aromatic hydroxyl groups is 1. The number of ketones is 1. The van der Waals surface area contributed by atoms with E-state index in [2.05, 4.69) is 5.32 Å². The van der Waals surface area contributed by atoms with Gasteiger partial charge in [0.1, 0.15) is 11.8 Å². The Morgan fingerprint density at radius 1 is 0.833 bits per heavy atom. The molecule has 0 bridgehead atoms. The molecule has 0 heterocycles. The van der Waals surface area contributed by atoms with Gasteiger partial charge < -0.3 is 47.1 Å². The van der Waals surface area contributed by atoms with Crippen molar-refractivity contribution in [1.82, 2.24) is 0 Å². The van der Waals surface area contributed by atoms with Crippen LogP contribution in [0.15, 0.2) is 27.3 Å². The first-order valence-corrected chi connectivity index (χ1v) is 16.6. The number of fused-ring (bicyclic) bond motifs is 1. The number of carboxylic acid groups (broad SMARTS) is 2. The van der Waals surface area contributed by atoms with Gasteiger partial charge in [-0.25, -0.2) is 4.79 Å². The SMILES string of the molecule is COc1c(O)c2c(=O)cc(CO)c3c4c(CO)cc(NC(CC(N)=O)C(=O)O)c5c(=O)c(CC(CC(N)=O)C(=O)O)c6c(c(c1C(C(C)=O)C(C)=C6)c23)c54. The number of anilines is 1. The first-order valence-electron chi connectivity index (χ1n) is 16.6. The van der Waals surface area contributed by atoms with Crippen molar-refractivity contribution in [2.45, 2.75) is 58.3 Å². The summed E-state index contributed by atoms with van der Waals surface area (Å²) in [4.78, 5) is 91.4. The molecule has 0 saturated heterocycles. The van der Waals surface area contributed by atoms with Crippen LogP contribution in [0.2, 0.25) is 0 Å². The minimum Gasteiger partial charge on any atom is -0.504 e. The Bertz CT molecular complexity index is 2650. The van der Waals surface area contributed by atoms with E-state index in [0.29, 0.717) is 5.57 Å². The highest BCUT2D eigenvalue weighted by Gasteiger charge is 2.38. The lowest BCUT2D eigenvalue weighted by Crippen LogP contribution is -2.34. The minimum atomic E-state index is -1.70. The zero-order valence-corrected chi connectivity index (χ0v) is 29.2. The number of amides is 2. The first kappa shape index (κ1) is 37.4. The van der Waals surface area contributed by atoms with Gasteiger partial charge in [0.25, 0.3) is 0 Å². The summed E-state index contributed by atoms with van der Waals surface area (Å²) in [5.74, 6) is -8.98. The van der Waals surface area contributed by atoms with Crippen LogP contribution in [0.3, 0.4) is 0 Å². The fourth-order valence-corrected chi connectivity index (χ4v) is 8.15. The number of hydrogen-bond donors (Lipinski definition) is 8. The van der Waals surface area contributed by atoms with E-state index in [1.54, 1.807) is 6.92 Å². The van der Waals surface area contributed by atoms with E-state index >= 15 is 4.79 Å². The van der Waals surface area contributed by atoms with Crippen LogP contribution in [0.4, 0.5) is 5.69 Å². The zero-order chi connectivity index (χ0) is 39.7. The van der Waals surface area contributed by atoms with Crippen molar-refractivity contribution in [3.05, 3.63) is 66.0 Å². The average molecular weight is 742 g/mol. The summed E-state index contributed by atoms with van der Waals surface area (Å²) in [6.45, 7) is 1.37. The van der Waals surface area contributed by atoms with Crippen LogP contribution in [0, 0.1) is 5.92 Å². The maximum absolute atomic E-state index is 15.1. The van der Waals surface area contributed by atoms with Crippen molar-refractivity contribution in [2.24, 2.45) is 17.4 Å². The molecule has 0 spiro atoms. The van der Waals surface area contributed by atoms with Crippen LogP contribution in [-0.4, -0.2) is 68.2 Å². The summed E-state index contributed by atoms with van der Waals surface area (Å²) in [6.07, 6.45) is -0.499. The second-order valence-corrected chi connectivity index (χ2v) is 13.5. The van der Waals surface area contributed by atoms with Gasteiger partial charge in [0.15, 0.2) is 22.4 Å². The molecule has 3 atom stereocenters. The quantitative estimate of drug-likeness (QED) is 0.0592. The van der Waals surface area contributed by atoms with E-state index in [1.807, 2.05) is 0 Å². The minimum absolute atomic E-state index is 0.0255. The molecule has 0 radical (unpaired) electrons. The number of aliphatic hydroxyl groups excluding tert-OH is 2. The van der Waals surface area contributed by atoms with Crippen molar-refractivity contribution in [3.8, 4) is 11.5 Å². The van der Waals surface area contributed by atoms with Crippen molar-refractivity contribution in [1.29, 1.82) is 0 Å². The van der Waals surface area contributed by atoms with Gasteiger partial charge in [0, 0.05) is 34.0 Å². The van der Waals surface area contributed by atoms with Crippen molar-refractivity contribution < 1.29 is 54.2 Å². The Balaban J connectivity index is 2.04. The van der Waals surface area contributed by atoms with Gasteiger partial charge in [-0.05, 0) is 70.6 Å². The molecule has 0 fully saturated rings. The number of phenols is 1. The van der Waals surface area contributed by atoms with E-state index in [9.17, 15) is 54.3 Å². The molecule has 1 aliphatic rings. The third kappa shape index (κ3) is 5.57. The number of primary amides is 2. The molecule has 5 aromatic rings. The maximum Gasteiger partial charge on any atom is 0.326 e. The molecular weight excluding hydrogens is 706 g/mol. The molecule has 0 aliphatic heterocycles. The normalized spacial score (nSPS) is 15.1. The number of carbonyl (C=O) groups excluding carboxylic acids is 3. The lowest BCUT2D eigenvalue weighted by atomic mass is 9.78. The highest BCUT2D eigenvalue weighted by Crippen LogP contribution is 2.55. The Hall–Kier alpha value is -6.39. The van der Waals surface area contributed by atoms with E-state index in [0.717, 1.165) is 6.07 Å². The van der Waals surface area contributed by atoms with Crippen LogP contribution in [0.1, 0.15) is 60.4 Å². The number of carboxylic acids is 2. The summed E-state index contributed by atoms with van der Waals surface area (Å²) in [5.41, 5.74) is 9.37. The average Bonchev–Trinajstić information content (AvgIpc) is 3.22. The van der Waals surface area contributed by atoms with Crippen molar-refractivity contribution >= 4 is 84.4 Å². The fraction of sp³-hybridized carbons (Fsp3) is 0.289. The molecule has 0 aromatic heterocycles. The molecule has 6 rings (SSSR count). The number of aliphatic carboxylic acids is 2. The molecule has 16 heteroatoms. The Kier molecular flexibility index (Phi) is 9.37. The van der Waals surface area contributed by atoms with Crippen LogP contribution < -0.4 is 32.4 Å². The van der Waals surface area contributed by atoms with E-state index in [4.69, 9.17) is 16.2 Å². The number of benzene rings is 5. The summed E-state index contributed by atoms with van der Waals surface area (Å²) < 4.78 is 5.70. The van der Waals surface area contributed by atoms with Gasteiger partial charge in [-0.15, -0.1) is 0 Å². The number of hydrogen-bond acceptors (Lipinski definition) is 12. The van der Waals surface area contributed by atoms with Crippen LogP contribution in [0.5, 0.6) is 11.5 Å². The Morgan fingerprint density at radius 2 is 1.43 bits per heavy atom. The molecular formula is C38H35N3O13. The smallest absolute Gasteiger partial charge is 0.326 e. The van der Waals surface area contributed by atoms with E-state index < -0.39 is 96.5 Å². The number of aliphatic hydroxyl groups is 2. The van der Waals surface area contributed by atoms with Gasteiger partial charge in [-0.1, -0.05) is 11.6 Å². The number of methoxy groups -OCH3 is 1. The van der Waals surface area contributed by atoms with E-state index in [-0.39, 0.29) is 82.3 Å².